The minimum atomic E-state index is -0.586. The molecule has 3 atom stereocenters. The van der Waals surface area contributed by atoms with Gasteiger partial charge in [-0.1, -0.05) is 18.2 Å². The SMILES string of the molecule is CCOc1cc([C@H]2C(C(=O)OC(C)C)=C(C)N=C3C[C@@H](c4ccc(OC)cc4)CC(=O)C32)ccc1O. The summed E-state index contributed by atoms with van der Waals surface area (Å²) in [5.74, 6) is -0.539. The van der Waals surface area contributed by atoms with E-state index in [1.165, 1.54) is 0 Å². The fraction of sp³-hybridized carbons (Fsp3) is 0.414. The topological polar surface area (TPSA) is 94.4 Å². The largest absolute Gasteiger partial charge is 0.504 e. The second kappa shape index (κ2) is 10.6. The number of fused-ring (bicyclic) bond motifs is 1. The van der Waals surface area contributed by atoms with Crippen LogP contribution in [0.3, 0.4) is 0 Å². The number of benzene rings is 2. The van der Waals surface area contributed by atoms with Gasteiger partial charge in [-0.25, -0.2) is 4.79 Å². The molecule has 1 unspecified atom stereocenters. The molecule has 1 heterocycles. The molecule has 4 rings (SSSR count). The molecule has 2 aromatic rings. The van der Waals surface area contributed by atoms with E-state index in [0.29, 0.717) is 42.0 Å². The first kappa shape index (κ1) is 25.5. The van der Waals surface area contributed by atoms with Gasteiger partial charge in [0.25, 0.3) is 0 Å². The number of rotatable bonds is 7. The van der Waals surface area contributed by atoms with Crippen LogP contribution in [0.1, 0.15) is 63.5 Å². The zero-order valence-corrected chi connectivity index (χ0v) is 21.4. The molecule has 1 N–H and O–H groups in total. The van der Waals surface area contributed by atoms with Crippen molar-refractivity contribution in [2.45, 2.75) is 58.5 Å². The second-order valence-corrected chi connectivity index (χ2v) is 9.52. The summed E-state index contributed by atoms with van der Waals surface area (Å²) in [4.78, 5) is 31.8. The first-order valence-electron chi connectivity index (χ1n) is 12.3. The van der Waals surface area contributed by atoms with E-state index in [1.807, 2.05) is 31.2 Å². The number of aliphatic imine (C=N–C) groups is 1. The number of allylic oxidation sites excluding steroid dienone is 1. The molecular formula is C29H33NO6. The van der Waals surface area contributed by atoms with E-state index in [9.17, 15) is 14.7 Å². The summed E-state index contributed by atoms with van der Waals surface area (Å²) in [7, 11) is 1.62. The van der Waals surface area contributed by atoms with Crippen molar-refractivity contribution in [2.75, 3.05) is 13.7 Å². The Balaban J connectivity index is 1.78. The molecule has 0 bridgehead atoms. The van der Waals surface area contributed by atoms with Crippen molar-refractivity contribution in [3.63, 3.8) is 0 Å². The Bertz CT molecular complexity index is 1210. The summed E-state index contributed by atoms with van der Waals surface area (Å²) >= 11 is 0. The molecule has 36 heavy (non-hydrogen) atoms. The summed E-state index contributed by atoms with van der Waals surface area (Å²) < 4.78 is 16.4. The number of aromatic hydroxyl groups is 1. The van der Waals surface area contributed by atoms with Gasteiger partial charge in [-0.2, -0.15) is 0 Å². The van der Waals surface area contributed by atoms with Crippen molar-refractivity contribution in [3.8, 4) is 17.2 Å². The van der Waals surface area contributed by atoms with Crippen LogP contribution in [0, 0.1) is 5.92 Å². The van der Waals surface area contributed by atoms with Crippen LogP contribution in [0.25, 0.3) is 0 Å². The molecule has 0 saturated heterocycles. The van der Waals surface area contributed by atoms with Crippen LogP contribution in [0.15, 0.2) is 58.7 Å². The zero-order valence-electron chi connectivity index (χ0n) is 21.4. The molecule has 0 spiro atoms. The Morgan fingerprint density at radius 1 is 1.08 bits per heavy atom. The summed E-state index contributed by atoms with van der Waals surface area (Å²) in [5.41, 5.74) is 3.45. The van der Waals surface area contributed by atoms with E-state index in [4.69, 9.17) is 19.2 Å². The van der Waals surface area contributed by atoms with Crippen molar-refractivity contribution in [1.29, 1.82) is 0 Å². The normalized spacial score (nSPS) is 21.7. The van der Waals surface area contributed by atoms with Crippen LogP contribution in [0.4, 0.5) is 0 Å². The number of esters is 1. The average Bonchev–Trinajstić information content (AvgIpc) is 2.84. The van der Waals surface area contributed by atoms with Gasteiger partial charge in [0.15, 0.2) is 11.5 Å². The van der Waals surface area contributed by atoms with Gasteiger partial charge in [-0.05, 0) is 75.4 Å². The number of carbonyl (C=O) groups is 2. The standard InChI is InChI=1S/C29H33NO6/c1-6-35-25-15-19(9-12-23(25)31)27-26(29(33)36-16(2)3)17(4)30-22-13-20(14-24(32)28(22)27)18-7-10-21(34-5)11-8-18/h7-12,15-16,20,27-28,31H,6,13-14H2,1-5H3/t20-,27+,28?/m1/s1. The molecule has 1 fully saturated rings. The number of hydrogen-bond acceptors (Lipinski definition) is 7. The predicted octanol–water partition coefficient (Wildman–Crippen LogP) is 5.33. The maximum absolute atomic E-state index is 13.7. The lowest BCUT2D eigenvalue weighted by atomic mass is 9.66. The van der Waals surface area contributed by atoms with E-state index in [1.54, 1.807) is 46.1 Å². The number of ether oxygens (including phenoxy) is 3. The molecule has 1 aliphatic heterocycles. The van der Waals surface area contributed by atoms with Gasteiger partial charge in [-0.15, -0.1) is 0 Å². The van der Waals surface area contributed by atoms with Gasteiger partial charge < -0.3 is 19.3 Å². The molecule has 2 aromatic carbocycles. The monoisotopic (exact) mass is 491 g/mol. The van der Waals surface area contributed by atoms with E-state index < -0.39 is 17.8 Å². The van der Waals surface area contributed by atoms with Gasteiger partial charge in [0.2, 0.25) is 0 Å². The van der Waals surface area contributed by atoms with E-state index in [0.717, 1.165) is 17.0 Å². The van der Waals surface area contributed by atoms with Crippen molar-refractivity contribution in [2.24, 2.45) is 10.9 Å². The summed E-state index contributed by atoms with van der Waals surface area (Å²) in [6.07, 6.45) is 0.637. The highest BCUT2D eigenvalue weighted by Gasteiger charge is 2.46. The number of methoxy groups -OCH3 is 1. The van der Waals surface area contributed by atoms with Crippen LogP contribution >= 0.6 is 0 Å². The fourth-order valence-electron chi connectivity index (χ4n) is 5.19. The van der Waals surface area contributed by atoms with Crippen LogP contribution in [0.2, 0.25) is 0 Å². The van der Waals surface area contributed by atoms with Gasteiger partial charge >= 0.3 is 5.97 Å². The molecule has 7 heteroatoms. The number of phenols is 1. The summed E-state index contributed by atoms with van der Waals surface area (Å²) in [5, 5.41) is 10.3. The third kappa shape index (κ3) is 5.01. The van der Waals surface area contributed by atoms with E-state index in [-0.39, 0.29) is 23.6 Å². The number of nitrogens with zero attached hydrogens (tertiary/aromatic N) is 1. The Morgan fingerprint density at radius 2 is 1.78 bits per heavy atom. The lowest BCUT2D eigenvalue weighted by Crippen LogP contribution is -2.41. The third-order valence-corrected chi connectivity index (χ3v) is 6.75. The minimum Gasteiger partial charge on any atom is -0.504 e. The van der Waals surface area contributed by atoms with E-state index >= 15 is 0 Å². The molecule has 0 radical (unpaired) electrons. The Hall–Kier alpha value is -3.61. The maximum Gasteiger partial charge on any atom is 0.336 e. The first-order chi connectivity index (χ1) is 17.2. The Labute approximate surface area is 211 Å². The zero-order chi connectivity index (χ0) is 26.0. The number of carbonyl (C=O) groups excluding carboxylic acids is 2. The molecule has 1 aliphatic carbocycles. The van der Waals surface area contributed by atoms with Gasteiger partial charge in [0.05, 0.1) is 31.3 Å². The molecule has 2 aliphatic rings. The van der Waals surface area contributed by atoms with Crippen LogP contribution in [0.5, 0.6) is 17.2 Å². The molecule has 190 valence electrons. The Morgan fingerprint density at radius 3 is 2.42 bits per heavy atom. The summed E-state index contributed by atoms with van der Waals surface area (Å²) in [6.45, 7) is 7.57. The van der Waals surface area contributed by atoms with Crippen LogP contribution in [-0.2, 0) is 14.3 Å². The molecule has 0 amide bonds. The predicted molar refractivity (Wildman–Crippen MR) is 137 cm³/mol. The highest BCUT2D eigenvalue weighted by molar-refractivity contribution is 6.12. The van der Waals surface area contributed by atoms with Crippen molar-refractivity contribution in [3.05, 3.63) is 64.9 Å². The fourth-order valence-corrected chi connectivity index (χ4v) is 5.19. The average molecular weight is 492 g/mol. The lowest BCUT2D eigenvalue weighted by Gasteiger charge is -2.38. The molecule has 7 nitrogen and oxygen atoms in total. The first-order valence-corrected chi connectivity index (χ1v) is 12.3. The molecule has 0 aromatic heterocycles. The van der Waals surface area contributed by atoms with Gasteiger partial charge in [-0.3, -0.25) is 9.79 Å². The molecule has 1 saturated carbocycles. The summed E-state index contributed by atoms with van der Waals surface area (Å²) in [6, 6.07) is 12.8. The minimum absolute atomic E-state index is 0.00479. The lowest BCUT2D eigenvalue weighted by molar-refractivity contribution is -0.143. The van der Waals surface area contributed by atoms with Crippen molar-refractivity contribution < 1.29 is 28.9 Å². The second-order valence-electron chi connectivity index (χ2n) is 9.52. The number of ketones is 1. The highest BCUT2D eigenvalue weighted by atomic mass is 16.5. The Kier molecular flexibility index (Phi) is 7.48. The van der Waals surface area contributed by atoms with Gasteiger partial charge in [0.1, 0.15) is 11.5 Å². The van der Waals surface area contributed by atoms with Crippen LogP contribution in [-0.4, -0.2) is 42.4 Å². The smallest absolute Gasteiger partial charge is 0.336 e. The highest BCUT2D eigenvalue weighted by Crippen LogP contribution is 2.47. The number of hydrogen-bond donors (Lipinski definition) is 1. The number of Topliss-reactive ketones (excluding diaryl/α,β-unsaturated/α-hetero) is 1. The maximum atomic E-state index is 13.7. The van der Waals surface area contributed by atoms with Crippen LogP contribution < -0.4 is 9.47 Å². The van der Waals surface area contributed by atoms with Crippen molar-refractivity contribution >= 4 is 17.5 Å². The quantitative estimate of drug-likeness (QED) is 0.527. The van der Waals surface area contributed by atoms with E-state index in [2.05, 4.69) is 0 Å². The van der Waals surface area contributed by atoms with Crippen molar-refractivity contribution in [1.82, 2.24) is 0 Å². The van der Waals surface area contributed by atoms with Gasteiger partial charge in [0, 0.05) is 23.7 Å². The third-order valence-electron chi connectivity index (χ3n) is 6.75. The number of phenolic OH excluding ortho intramolecular Hbond substituents is 1. The molecular weight excluding hydrogens is 458 g/mol.